The van der Waals surface area contributed by atoms with Gasteiger partial charge in [-0.2, -0.15) is 0 Å². The van der Waals surface area contributed by atoms with Gasteiger partial charge in [0.15, 0.2) is 30.4 Å². The molecule has 0 aliphatic carbocycles. The van der Waals surface area contributed by atoms with Gasteiger partial charge in [0.2, 0.25) is 0 Å². The van der Waals surface area contributed by atoms with Gasteiger partial charge in [0.25, 0.3) is 0 Å². The molecule has 3 aliphatic rings. The summed E-state index contributed by atoms with van der Waals surface area (Å²) in [6.07, 6.45) is -0.848. The fourth-order valence-electron chi connectivity index (χ4n) is 3.00. The minimum Gasteiger partial charge on any atom is -0.454 e. The molecule has 3 saturated heterocycles. The Labute approximate surface area is 112 Å². The van der Waals surface area contributed by atoms with E-state index < -0.39 is 30.4 Å². The van der Waals surface area contributed by atoms with Crippen molar-refractivity contribution in [2.45, 2.75) is 70.1 Å². The molecule has 0 aromatic heterocycles. The number of rotatable bonds is 4. The molecule has 0 N–H and O–H groups in total. The molecule has 0 amide bonds. The highest BCUT2D eigenvalue weighted by molar-refractivity contribution is 5.78. The zero-order valence-electron chi connectivity index (χ0n) is 11.5. The van der Waals surface area contributed by atoms with Crippen molar-refractivity contribution < 1.29 is 28.5 Å². The van der Waals surface area contributed by atoms with Crippen LogP contribution in [0, 0.1) is 0 Å². The van der Waals surface area contributed by atoms with Crippen molar-refractivity contribution >= 4 is 5.97 Å². The number of esters is 1. The number of carbonyl (C=O) groups is 1. The first-order valence-corrected chi connectivity index (χ1v) is 6.97. The van der Waals surface area contributed by atoms with Crippen LogP contribution in [0.3, 0.4) is 0 Å². The van der Waals surface area contributed by atoms with Crippen LogP contribution in [0.5, 0.6) is 0 Å². The van der Waals surface area contributed by atoms with Crippen LogP contribution in [0.1, 0.15) is 33.6 Å². The highest BCUT2D eigenvalue weighted by atomic mass is 16.9. The Morgan fingerprint density at radius 1 is 1.11 bits per heavy atom. The average Bonchev–Trinajstić information content (AvgIpc) is 3.01. The highest BCUT2D eigenvalue weighted by Gasteiger charge is 2.64. The Balaban J connectivity index is 1.75. The summed E-state index contributed by atoms with van der Waals surface area (Å²) in [6, 6.07) is 0. The third kappa shape index (κ3) is 1.89. The van der Waals surface area contributed by atoms with Gasteiger partial charge in [0, 0.05) is 6.61 Å². The van der Waals surface area contributed by atoms with Crippen LogP contribution in [0.2, 0.25) is 0 Å². The monoisotopic (exact) mass is 272 g/mol. The number of ether oxygens (including phenoxy) is 5. The van der Waals surface area contributed by atoms with Crippen molar-refractivity contribution in [1.82, 2.24) is 0 Å². The van der Waals surface area contributed by atoms with E-state index in [1.807, 2.05) is 20.8 Å². The van der Waals surface area contributed by atoms with E-state index in [-0.39, 0.29) is 12.1 Å². The van der Waals surface area contributed by atoms with E-state index in [9.17, 15) is 4.79 Å². The summed E-state index contributed by atoms with van der Waals surface area (Å²) in [5.74, 6) is -0.986. The molecule has 6 heteroatoms. The smallest absolute Gasteiger partial charge is 0.338 e. The van der Waals surface area contributed by atoms with E-state index in [0.29, 0.717) is 6.61 Å². The predicted octanol–water partition coefficient (Wildman–Crippen LogP) is 0.973. The zero-order chi connectivity index (χ0) is 13.6. The average molecular weight is 272 g/mol. The van der Waals surface area contributed by atoms with Gasteiger partial charge in [-0.15, -0.1) is 0 Å². The second kappa shape index (κ2) is 4.70. The SMILES string of the molecule is CCO[C@H]1C(=O)O[C@@H]2[C@H]3OC(CC)(CC)O[C@H]3O[C@@H]21. The third-order valence-electron chi connectivity index (χ3n) is 4.10. The van der Waals surface area contributed by atoms with Crippen LogP contribution in [0.15, 0.2) is 0 Å². The first kappa shape index (κ1) is 13.3. The van der Waals surface area contributed by atoms with Crippen LogP contribution in [-0.2, 0) is 28.5 Å². The number of hydrogen-bond donors (Lipinski definition) is 0. The first-order chi connectivity index (χ1) is 9.14. The van der Waals surface area contributed by atoms with Gasteiger partial charge in [-0.05, 0) is 19.8 Å². The van der Waals surface area contributed by atoms with Crippen molar-refractivity contribution in [2.24, 2.45) is 0 Å². The summed E-state index contributed by atoms with van der Waals surface area (Å²) >= 11 is 0. The molecule has 0 saturated carbocycles. The Hall–Kier alpha value is -0.690. The maximum Gasteiger partial charge on any atom is 0.338 e. The van der Waals surface area contributed by atoms with Gasteiger partial charge in [-0.25, -0.2) is 4.79 Å². The molecule has 108 valence electrons. The lowest BCUT2D eigenvalue weighted by molar-refractivity contribution is -0.236. The Morgan fingerprint density at radius 2 is 1.84 bits per heavy atom. The summed E-state index contributed by atoms with van der Waals surface area (Å²) in [5, 5.41) is 0. The minimum atomic E-state index is -0.662. The Morgan fingerprint density at radius 3 is 2.47 bits per heavy atom. The van der Waals surface area contributed by atoms with Crippen molar-refractivity contribution in [2.75, 3.05) is 6.61 Å². The van der Waals surface area contributed by atoms with Crippen LogP contribution in [-0.4, -0.2) is 49.1 Å². The Kier molecular flexibility index (Phi) is 3.29. The summed E-state index contributed by atoms with van der Waals surface area (Å²) in [5.41, 5.74) is 0. The van der Waals surface area contributed by atoms with E-state index in [4.69, 9.17) is 23.7 Å². The molecule has 0 bridgehead atoms. The molecule has 3 rings (SSSR count). The standard InChI is InChI=1S/C13H20O6/c1-4-13(5-2)18-10-8-7(17-12(10)19-13)9(15-6-3)11(14)16-8/h7-10,12H,4-6H2,1-3H3/t7-,8-,9+,10+,12+/m0/s1. The molecule has 0 radical (unpaired) electrons. The second-order valence-corrected chi connectivity index (χ2v) is 5.06. The molecule has 3 heterocycles. The maximum atomic E-state index is 11.7. The van der Waals surface area contributed by atoms with E-state index >= 15 is 0 Å². The summed E-state index contributed by atoms with van der Waals surface area (Å²) in [6.45, 7) is 6.29. The molecule has 5 atom stereocenters. The topological polar surface area (TPSA) is 63.2 Å². The molecule has 0 aromatic rings. The third-order valence-corrected chi connectivity index (χ3v) is 4.10. The molecule has 0 unspecified atom stereocenters. The van der Waals surface area contributed by atoms with Gasteiger partial charge in [0.05, 0.1) is 0 Å². The van der Waals surface area contributed by atoms with Crippen LogP contribution >= 0.6 is 0 Å². The lowest BCUT2D eigenvalue weighted by Crippen LogP contribution is -2.38. The summed E-state index contributed by atoms with van der Waals surface area (Å²) in [4.78, 5) is 11.7. The van der Waals surface area contributed by atoms with Gasteiger partial charge < -0.3 is 23.7 Å². The zero-order valence-corrected chi connectivity index (χ0v) is 11.5. The lowest BCUT2D eigenvalue weighted by Gasteiger charge is -2.27. The van der Waals surface area contributed by atoms with Gasteiger partial charge in [-0.3, -0.25) is 0 Å². The maximum absolute atomic E-state index is 11.7. The van der Waals surface area contributed by atoms with E-state index in [1.165, 1.54) is 0 Å². The summed E-state index contributed by atoms with van der Waals surface area (Å²) in [7, 11) is 0. The first-order valence-electron chi connectivity index (χ1n) is 6.97. The highest BCUT2D eigenvalue weighted by Crippen LogP contribution is 2.45. The summed E-state index contributed by atoms with van der Waals surface area (Å²) < 4.78 is 28.4. The Bertz CT molecular complexity index is 366. The minimum absolute atomic E-state index is 0.348. The van der Waals surface area contributed by atoms with Gasteiger partial charge >= 0.3 is 5.97 Å². The number of hydrogen-bond acceptors (Lipinski definition) is 6. The normalized spacial score (nSPS) is 43.1. The fourth-order valence-corrected chi connectivity index (χ4v) is 3.00. The number of carbonyl (C=O) groups excluding carboxylic acids is 1. The molecule has 6 nitrogen and oxygen atoms in total. The van der Waals surface area contributed by atoms with Crippen LogP contribution < -0.4 is 0 Å². The van der Waals surface area contributed by atoms with E-state index in [2.05, 4.69) is 0 Å². The largest absolute Gasteiger partial charge is 0.454 e. The second-order valence-electron chi connectivity index (χ2n) is 5.06. The van der Waals surface area contributed by atoms with Crippen LogP contribution in [0.4, 0.5) is 0 Å². The van der Waals surface area contributed by atoms with Crippen molar-refractivity contribution in [3.8, 4) is 0 Å². The molecule has 3 fully saturated rings. The molecule has 0 aromatic carbocycles. The number of fused-ring (bicyclic) bond motifs is 3. The molecule has 0 spiro atoms. The van der Waals surface area contributed by atoms with Crippen LogP contribution in [0.25, 0.3) is 0 Å². The van der Waals surface area contributed by atoms with Gasteiger partial charge in [0.1, 0.15) is 6.10 Å². The molecule has 19 heavy (non-hydrogen) atoms. The van der Waals surface area contributed by atoms with Crippen molar-refractivity contribution in [1.29, 1.82) is 0 Å². The molecular formula is C13H20O6. The van der Waals surface area contributed by atoms with Crippen molar-refractivity contribution in [3.63, 3.8) is 0 Å². The lowest BCUT2D eigenvalue weighted by atomic mass is 10.1. The predicted molar refractivity (Wildman–Crippen MR) is 63.2 cm³/mol. The molecule has 3 aliphatic heterocycles. The van der Waals surface area contributed by atoms with Gasteiger partial charge in [-0.1, -0.05) is 13.8 Å². The van der Waals surface area contributed by atoms with E-state index in [1.54, 1.807) is 0 Å². The fraction of sp³-hybridized carbons (Fsp3) is 0.923. The molecular weight excluding hydrogens is 252 g/mol. The quantitative estimate of drug-likeness (QED) is 0.711. The van der Waals surface area contributed by atoms with E-state index in [0.717, 1.165) is 12.8 Å². The van der Waals surface area contributed by atoms with Crippen molar-refractivity contribution in [3.05, 3.63) is 0 Å².